The smallest absolute Gasteiger partial charge is 0.379 e. The summed E-state index contributed by atoms with van der Waals surface area (Å²) < 4.78 is 43.3. The van der Waals surface area contributed by atoms with Gasteiger partial charge in [-0.15, -0.1) is 0 Å². The minimum Gasteiger partial charge on any atom is -0.379 e. The van der Waals surface area contributed by atoms with Crippen molar-refractivity contribution in [2.45, 2.75) is 12.2 Å². The Kier molecular flexibility index (Phi) is 4.29. The van der Waals surface area contributed by atoms with E-state index in [4.69, 9.17) is 4.74 Å². The molecule has 2 aliphatic heterocycles. The van der Waals surface area contributed by atoms with Crippen LogP contribution in [0.5, 0.6) is 0 Å². The maximum absolute atomic E-state index is 12.7. The second kappa shape index (κ2) is 6.09. The third kappa shape index (κ3) is 3.48. The van der Waals surface area contributed by atoms with Gasteiger partial charge in [-0.1, -0.05) is 0 Å². The topological polar surface area (TPSA) is 45.7 Å². The van der Waals surface area contributed by atoms with Crippen LogP contribution in [0.2, 0.25) is 0 Å². The molecular weight excluding hydrogens is 311 g/mol. The van der Waals surface area contributed by atoms with Gasteiger partial charge in [0.2, 0.25) is 0 Å². The number of aromatic nitrogens is 1. The van der Waals surface area contributed by atoms with Gasteiger partial charge in [0.25, 0.3) is 5.91 Å². The zero-order chi connectivity index (χ0) is 16.6. The summed E-state index contributed by atoms with van der Waals surface area (Å²) in [7, 11) is 2.00. The summed E-state index contributed by atoms with van der Waals surface area (Å²) in [5.74, 6) is -0.0825. The van der Waals surface area contributed by atoms with Gasteiger partial charge in [-0.3, -0.25) is 9.78 Å². The van der Waals surface area contributed by atoms with E-state index in [2.05, 4.69) is 9.88 Å². The first-order valence-corrected chi connectivity index (χ1v) is 7.45. The Morgan fingerprint density at radius 2 is 2.04 bits per heavy atom. The van der Waals surface area contributed by atoms with Crippen molar-refractivity contribution in [1.29, 1.82) is 0 Å². The summed E-state index contributed by atoms with van der Waals surface area (Å²) in [5, 5.41) is 0. The molecule has 2 bridgehead atoms. The van der Waals surface area contributed by atoms with Gasteiger partial charge in [0.05, 0.1) is 24.8 Å². The normalized spacial score (nSPS) is 26.0. The van der Waals surface area contributed by atoms with Crippen LogP contribution in [-0.4, -0.2) is 66.6 Å². The third-order valence-corrected chi connectivity index (χ3v) is 4.21. The predicted octanol–water partition coefficient (Wildman–Crippen LogP) is 1.50. The highest BCUT2D eigenvalue weighted by molar-refractivity contribution is 5.94. The van der Waals surface area contributed by atoms with E-state index >= 15 is 0 Å². The largest absolute Gasteiger partial charge is 0.433 e. The molecule has 0 radical (unpaired) electrons. The van der Waals surface area contributed by atoms with Gasteiger partial charge in [-0.25, -0.2) is 0 Å². The SMILES string of the molecule is CN1C[C@@H]2COC[C@H](C1)N(C(=O)c1ccc(C(F)(F)F)nc1)C2. The second-order valence-electron chi connectivity index (χ2n) is 6.17. The number of hydrogen-bond acceptors (Lipinski definition) is 4. The summed E-state index contributed by atoms with van der Waals surface area (Å²) in [6.07, 6.45) is -3.50. The summed E-state index contributed by atoms with van der Waals surface area (Å²) in [6.45, 7) is 3.12. The maximum atomic E-state index is 12.7. The van der Waals surface area contributed by atoms with Crippen molar-refractivity contribution in [3.63, 3.8) is 0 Å². The van der Waals surface area contributed by atoms with E-state index < -0.39 is 11.9 Å². The lowest BCUT2D eigenvalue weighted by Crippen LogP contribution is -2.46. The van der Waals surface area contributed by atoms with Gasteiger partial charge in [0, 0.05) is 31.7 Å². The fourth-order valence-corrected chi connectivity index (χ4v) is 3.18. The Morgan fingerprint density at radius 1 is 1.26 bits per heavy atom. The van der Waals surface area contributed by atoms with Crippen molar-refractivity contribution in [2.24, 2.45) is 5.92 Å². The molecule has 1 amide bonds. The van der Waals surface area contributed by atoms with Crippen LogP contribution in [0, 0.1) is 5.92 Å². The van der Waals surface area contributed by atoms with Crippen molar-refractivity contribution in [2.75, 3.05) is 39.9 Å². The van der Waals surface area contributed by atoms with E-state index in [-0.39, 0.29) is 23.4 Å². The monoisotopic (exact) mass is 329 g/mol. The third-order valence-electron chi connectivity index (χ3n) is 4.21. The van der Waals surface area contributed by atoms with Gasteiger partial charge >= 0.3 is 6.18 Å². The van der Waals surface area contributed by atoms with E-state index in [1.807, 2.05) is 7.05 Å². The minimum absolute atomic E-state index is 0.0951. The lowest BCUT2D eigenvalue weighted by molar-refractivity contribution is -0.141. The molecule has 3 rings (SSSR count). The van der Waals surface area contributed by atoms with Crippen LogP contribution >= 0.6 is 0 Å². The van der Waals surface area contributed by atoms with Crippen molar-refractivity contribution >= 4 is 5.91 Å². The first kappa shape index (κ1) is 16.2. The summed E-state index contributed by atoms with van der Waals surface area (Å²) in [5.41, 5.74) is -0.820. The van der Waals surface area contributed by atoms with Gasteiger partial charge in [0.1, 0.15) is 5.69 Å². The Labute approximate surface area is 132 Å². The number of rotatable bonds is 1. The van der Waals surface area contributed by atoms with Crippen LogP contribution < -0.4 is 0 Å². The van der Waals surface area contributed by atoms with Crippen LogP contribution in [0.4, 0.5) is 13.2 Å². The van der Waals surface area contributed by atoms with Gasteiger partial charge in [-0.2, -0.15) is 13.2 Å². The molecule has 23 heavy (non-hydrogen) atoms. The van der Waals surface area contributed by atoms with Gasteiger partial charge in [0.15, 0.2) is 0 Å². The fraction of sp³-hybridized carbons (Fsp3) is 0.600. The van der Waals surface area contributed by atoms with Gasteiger partial charge in [-0.05, 0) is 19.2 Å². The standard InChI is InChI=1S/C15H18F3N3O2/c1-20-5-10-6-21(12(7-20)9-23-8-10)14(22)11-2-3-13(19-4-11)15(16,17)18/h2-4,10,12H,5-9H2,1H3/t10-,12-/m0/s1. The van der Waals surface area contributed by atoms with Gasteiger partial charge < -0.3 is 14.5 Å². The van der Waals surface area contributed by atoms with Crippen LogP contribution in [0.1, 0.15) is 16.1 Å². The van der Waals surface area contributed by atoms with Crippen molar-refractivity contribution in [3.05, 3.63) is 29.6 Å². The molecule has 2 aliphatic rings. The molecule has 2 atom stereocenters. The molecule has 126 valence electrons. The Bertz CT molecular complexity index is 576. The number of fused-ring (bicyclic) bond motifs is 3. The van der Waals surface area contributed by atoms with Crippen molar-refractivity contribution in [1.82, 2.24) is 14.8 Å². The molecule has 0 saturated carbocycles. The number of ether oxygens (including phenoxy) is 1. The highest BCUT2D eigenvalue weighted by Gasteiger charge is 2.36. The fourth-order valence-electron chi connectivity index (χ4n) is 3.18. The number of nitrogens with zero attached hydrogens (tertiary/aromatic N) is 3. The molecule has 2 saturated heterocycles. The van der Waals surface area contributed by atoms with E-state index in [0.717, 1.165) is 18.8 Å². The predicted molar refractivity (Wildman–Crippen MR) is 75.9 cm³/mol. The van der Waals surface area contributed by atoms with E-state index in [9.17, 15) is 18.0 Å². The molecule has 0 unspecified atom stereocenters. The van der Waals surface area contributed by atoms with Crippen LogP contribution in [0.15, 0.2) is 18.3 Å². The summed E-state index contributed by atoms with van der Waals surface area (Å²) in [4.78, 5) is 19.9. The Morgan fingerprint density at radius 3 is 2.70 bits per heavy atom. The number of hydrogen-bond donors (Lipinski definition) is 0. The zero-order valence-electron chi connectivity index (χ0n) is 12.7. The quantitative estimate of drug-likeness (QED) is 0.783. The average molecular weight is 329 g/mol. The van der Waals surface area contributed by atoms with E-state index in [1.54, 1.807) is 4.90 Å². The first-order chi connectivity index (χ1) is 10.8. The van der Waals surface area contributed by atoms with Crippen molar-refractivity contribution in [3.8, 4) is 0 Å². The lowest BCUT2D eigenvalue weighted by atomic mass is 10.1. The van der Waals surface area contributed by atoms with Crippen LogP contribution in [-0.2, 0) is 10.9 Å². The molecule has 8 heteroatoms. The number of amides is 1. The highest BCUT2D eigenvalue weighted by atomic mass is 19.4. The van der Waals surface area contributed by atoms with Crippen LogP contribution in [0.3, 0.4) is 0 Å². The molecule has 5 nitrogen and oxygen atoms in total. The zero-order valence-corrected chi connectivity index (χ0v) is 12.7. The number of carbonyl (C=O) groups excluding carboxylic acids is 1. The summed E-state index contributed by atoms with van der Waals surface area (Å²) in [6, 6.07) is 1.94. The van der Waals surface area contributed by atoms with Crippen LogP contribution in [0.25, 0.3) is 0 Å². The van der Waals surface area contributed by atoms with Crippen molar-refractivity contribution < 1.29 is 22.7 Å². The summed E-state index contributed by atoms with van der Waals surface area (Å²) >= 11 is 0. The number of alkyl halides is 3. The first-order valence-electron chi connectivity index (χ1n) is 7.45. The molecule has 0 N–H and O–H groups in total. The second-order valence-corrected chi connectivity index (χ2v) is 6.17. The molecule has 0 aromatic carbocycles. The molecule has 1 aromatic rings. The number of carbonyl (C=O) groups is 1. The maximum Gasteiger partial charge on any atom is 0.433 e. The highest BCUT2D eigenvalue weighted by Crippen LogP contribution is 2.27. The minimum atomic E-state index is -4.50. The Balaban J connectivity index is 1.82. The Hall–Kier alpha value is -1.67. The molecule has 1 aromatic heterocycles. The average Bonchev–Trinajstić information content (AvgIpc) is 2.76. The molecule has 3 heterocycles. The number of halogens is 3. The lowest BCUT2D eigenvalue weighted by Gasteiger charge is -2.29. The molecule has 2 fully saturated rings. The number of pyridine rings is 1. The van der Waals surface area contributed by atoms with E-state index in [0.29, 0.717) is 26.3 Å². The molecule has 0 spiro atoms. The van der Waals surface area contributed by atoms with E-state index in [1.165, 1.54) is 6.07 Å². The number of likely N-dealkylation sites (N-methyl/N-ethyl adjacent to an activating group) is 1. The molecule has 0 aliphatic carbocycles. The molecular formula is C15H18F3N3O2.